The van der Waals surface area contributed by atoms with Gasteiger partial charge in [-0.25, -0.2) is 4.39 Å². The van der Waals surface area contributed by atoms with E-state index in [0.29, 0.717) is 18.7 Å². The number of benzene rings is 1. The zero-order valence-corrected chi connectivity index (χ0v) is 10.1. The van der Waals surface area contributed by atoms with E-state index in [2.05, 4.69) is 17.6 Å². The molecule has 0 aliphatic rings. The fourth-order valence-corrected chi connectivity index (χ4v) is 1.42. The molecule has 1 rings (SSSR count). The van der Waals surface area contributed by atoms with E-state index in [9.17, 15) is 9.18 Å². The molecule has 0 aliphatic heterocycles. The fourth-order valence-electron chi connectivity index (χ4n) is 1.42. The molecule has 0 saturated heterocycles. The summed E-state index contributed by atoms with van der Waals surface area (Å²) in [5.41, 5.74) is 0.578. The number of halogens is 1. The Bertz CT molecular complexity index is 355. The van der Waals surface area contributed by atoms with Crippen LogP contribution in [-0.4, -0.2) is 19.0 Å². The Hall–Kier alpha value is -1.42. The van der Waals surface area contributed by atoms with Gasteiger partial charge < -0.3 is 10.6 Å². The van der Waals surface area contributed by atoms with E-state index in [1.165, 1.54) is 6.07 Å². The first-order valence-corrected chi connectivity index (χ1v) is 5.95. The summed E-state index contributed by atoms with van der Waals surface area (Å²) in [4.78, 5) is 11.3. The van der Waals surface area contributed by atoms with Gasteiger partial charge in [0.15, 0.2) is 0 Å². The Kier molecular flexibility index (Phi) is 6.25. The highest BCUT2D eigenvalue weighted by Gasteiger charge is 2.02. The predicted octanol–water partition coefficient (Wildman–Crippen LogP) is 1.83. The minimum absolute atomic E-state index is 0.0465. The number of nitrogens with one attached hydrogen (secondary N) is 2. The van der Waals surface area contributed by atoms with Crippen LogP contribution in [0.3, 0.4) is 0 Å². The van der Waals surface area contributed by atoms with Crippen molar-refractivity contribution in [3.63, 3.8) is 0 Å². The van der Waals surface area contributed by atoms with Gasteiger partial charge in [-0.3, -0.25) is 4.79 Å². The summed E-state index contributed by atoms with van der Waals surface area (Å²) < 4.78 is 13.2. The number of unbranched alkanes of at least 4 members (excludes halogenated alkanes) is 1. The maximum atomic E-state index is 13.2. The Morgan fingerprint density at radius 2 is 2.12 bits per heavy atom. The number of rotatable bonds is 7. The molecule has 0 saturated carbocycles. The second kappa shape index (κ2) is 7.79. The van der Waals surface area contributed by atoms with E-state index < -0.39 is 0 Å². The van der Waals surface area contributed by atoms with Crippen LogP contribution in [0.5, 0.6) is 0 Å². The van der Waals surface area contributed by atoms with Crippen molar-refractivity contribution in [1.29, 1.82) is 0 Å². The summed E-state index contributed by atoms with van der Waals surface area (Å²) in [7, 11) is 0. The third-order valence-corrected chi connectivity index (χ3v) is 2.41. The molecule has 0 spiro atoms. The Morgan fingerprint density at radius 3 is 2.82 bits per heavy atom. The highest BCUT2D eigenvalue weighted by molar-refractivity contribution is 5.77. The first-order chi connectivity index (χ1) is 8.24. The van der Waals surface area contributed by atoms with Crippen molar-refractivity contribution in [3.05, 3.63) is 35.6 Å². The van der Waals surface area contributed by atoms with Crippen LogP contribution in [0.2, 0.25) is 0 Å². The highest BCUT2D eigenvalue weighted by Crippen LogP contribution is 2.04. The van der Waals surface area contributed by atoms with Gasteiger partial charge in [0.25, 0.3) is 0 Å². The molecule has 0 radical (unpaired) electrons. The van der Waals surface area contributed by atoms with Crippen molar-refractivity contribution in [2.45, 2.75) is 26.3 Å². The molecule has 0 fully saturated rings. The summed E-state index contributed by atoms with van der Waals surface area (Å²) in [6.45, 7) is 3.37. The van der Waals surface area contributed by atoms with Crippen LogP contribution in [0.1, 0.15) is 25.3 Å². The summed E-state index contributed by atoms with van der Waals surface area (Å²) in [5, 5.41) is 5.71. The molecule has 0 bridgehead atoms. The van der Waals surface area contributed by atoms with Crippen LogP contribution < -0.4 is 10.6 Å². The summed E-state index contributed by atoms with van der Waals surface area (Å²) in [5.74, 6) is -0.291. The summed E-state index contributed by atoms with van der Waals surface area (Å²) >= 11 is 0. The molecule has 0 aliphatic carbocycles. The van der Waals surface area contributed by atoms with E-state index in [1.54, 1.807) is 18.2 Å². The normalized spacial score (nSPS) is 10.2. The van der Waals surface area contributed by atoms with Gasteiger partial charge in [-0.1, -0.05) is 31.5 Å². The monoisotopic (exact) mass is 238 g/mol. The van der Waals surface area contributed by atoms with Gasteiger partial charge in [-0.05, 0) is 12.5 Å². The third-order valence-electron chi connectivity index (χ3n) is 2.41. The lowest BCUT2D eigenvalue weighted by atomic mass is 10.2. The first kappa shape index (κ1) is 13.6. The second-order valence-corrected chi connectivity index (χ2v) is 3.90. The van der Waals surface area contributed by atoms with Crippen molar-refractivity contribution in [2.75, 3.05) is 13.1 Å². The van der Waals surface area contributed by atoms with E-state index in [1.807, 2.05) is 0 Å². The molecule has 2 N–H and O–H groups in total. The van der Waals surface area contributed by atoms with Gasteiger partial charge in [0.2, 0.25) is 5.91 Å². The van der Waals surface area contributed by atoms with Crippen LogP contribution in [0, 0.1) is 5.82 Å². The Morgan fingerprint density at radius 1 is 1.35 bits per heavy atom. The standard InChI is InChI=1S/C13H19FN2O/c1-2-3-8-16-13(17)10-15-9-11-6-4-5-7-12(11)14/h4-7,15H,2-3,8-10H2,1H3,(H,16,17). The van der Waals surface area contributed by atoms with Crippen molar-refractivity contribution in [2.24, 2.45) is 0 Å². The average Bonchev–Trinajstić information content (AvgIpc) is 2.32. The molecular weight excluding hydrogens is 219 g/mol. The number of carbonyl (C=O) groups is 1. The highest BCUT2D eigenvalue weighted by atomic mass is 19.1. The van der Waals surface area contributed by atoms with Crippen LogP contribution in [0.15, 0.2) is 24.3 Å². The van der Waals surface area contributed by atoms with Gasteiger partial charge in [0.1, 0.15) is 5.82 Å². The molecule has 17 heavy (non-hydrogen) atoms. The molecule has 0 unspecified atom stereocenters. The van der Waals surface area contributed by atoms with Crippen LogP contribution in [0.25, 0.3) is 0 Å². The average molecular weight is 238 g/mol. The molecule has 94 valence electrons. The summed E-state index contributed by atoms with van der Waals surface area (Å²) in [6.07, 6.45) is 2.04. The van der Waals surface area contributed by atoms with Crippen molar-refractivity contribution in [3.8, 4) is 0 Å². The lowest BCUT2D eigenvalue weighted by Crippen LogP contribution is -2.34. The van der Waals surface area contributed by atoms with Gasteiger partial charge in [0, 0.05) is 18.7 Å². The quantitative estimate of drug-likeness (QED) is 0.712. The van der Waals surface area contributed by atoms with Gasteiger partial charge >= 0.3 is 0 Å². The Labute approximate surface area is 101 Å². The van der Waals surface area contributed by atoms with E-state index >= 15 is 0 Å². The predicted molar refractivity (Wildman–Crippen MR) is 66.0 cm³/mol. The molecule has 1 amide bonds. The number of hydrogen-bond acceptors (Lipinski definition) is 2. The first-order valence-electron chi connectivity index (χ1n) is 5.95. The minimum Gasteiger partial charge on any atom is -0.355 e. The maximum absolute atomic E-state index is 13.2. The van der Waals surface area contributed by atoms with E-state index in [0.717, 1.165) is 12.8 Å². The molecule has 0 heterocycles. The lowest BCUT2D eigenvalue weighted by molar-refractivity contribution is -0.120. The molecular formula is C13H19FN2O. The van der Waals surface area contributed by atoms with Crippen molar-refractivity contribution in [1.82, 2.24) is 10.6 Å². The topological polar surface area (TPSA) is 41.1 Å². The number of amides is 1. The molecule has 4 heteroatoms. The molecule has 0 atom stereocenters. The second-order valence-electron chi connectivity index (χ2n) is 3.90. The Balaban J connectivity index is 2.19. The zero-order valence-electron chi connectivity index (χ0n) is 10.1. The third kappa shape index (κ3) is 5.45. The van der Waals surface area contributed by atoms with Crippen LogP contribution >= 0.6 is 0 Å². The van der Waals surface area contributed by atoms with Gasteiger partial charge in [-0.2, -0.15) is 0 Å². The number of carbonyl (C=O) groups excluding carboxylic acids is 1. The van der Waals surface area contributed by atoms with E-state index in [-0.39, 0.29) is 18.3 Å². The van der Waals surface area contributed by atoms with Gasteiger partial charge in [-0.15, -0.1) is 0 Å². The largest absolute Gasteiger partial charge is 0.355 e. The molecule has 3 nitrogen and oxygen atoms in total. The molecule has 0 aromatic heterocycles. The van der Waals surface area contributed by atoms with E-state index in [4.69, 9.17) is 0 Å². The number of hydrogen-bond donors (Lipinski definition) is 2. The fraction of sp³-hybridized carbons (Fsp3) is 0.462. The van der Waals surface area contributed by atoms with Crippen molar-refractivity contribution >= 4 is 5.91 Å². The SMILES string of the molecule is CCCCNC(=O)CNCc1ccccc1F. The molecule has 1 aromatic carbocycles. The molecule has 1 aromatic rings. The van der Waals surface area contributed by atoms with Gasteiger partial charge in [0.05, 0.1) is 6.54 Å². The zero-order chi connectivity index (χ0) is 12.5. The summed E-state index contributed by atoms with van der Waals surface area (Å²) in [6, 6.07) is 6.55. The lowest BCUT2D eigenvalue weighted by Gasteiger charge is -2.06. The minimum atomic E-state index is -0.244. The van der Waals surface area contributed by atoms with Crippen LogP contribution in [-0.2, 0) is 11.3 Å². The maximum Gasteiger partial charge on any atom is 0.233 e. The van der Waals surface area contributed by atoms with Crippen LogP contribution in [0.4, 0.5) is 4.39 Å². The van der Waals surface area contributed by atoms with Crippen molar-refractivity contribution < 1.29 is 9.18 Å². The smallest absolute Gasteiger partial charge is 0.233 e.